The molecular formula is C23H25ClN2O4. The Morgan fingerprint density at radius 2 is 2.00 bits per heavy atom. The molecule has 0 unspecified atom stereocenters. The van der Waals surface area contributed by atoms with Gasteiger partial charge in [-0.1, -0.05) is 43.6 Å². The van der Waals surface area contributed by atoms with Gasteiger partial charge >= 0.3 is 5.97 Å². The summed E-state index contributed by atoms with van der Waals surface area (Å²) < 4.78 is 5.25. The van der Waals surface area contributed by atoms with Gasteiger partial charge in [0, 0.05) is 23.7 Å². The molecule has 30 heavy (non-hydrogen) atoms. The van der Waals surface area contributed by atoms with Crippen LogP contribution in [0.15, 0.2) is 36.4 Å². The number of rotatable bonds is 6. The molecule has 0 radical (unpaired) electrons. The van der Waals surface area contributed by atoms with E-state index in [1.165, 1.54) is 11.0 Å². The second-order valence-corrected chi connectivity index (χ2v) is 8.06. The van der Waals surface area contributed by atoms with Crippen LogP contribution in [0.3, 0.4) is 0 Å². The molecule has 0 bridgehead atoms. The summed E-state index contributed by atoms with van der Waals surface area (Å²) >= 11 is 6.07. The van der Waals surface area contributed by atoms with E-state index in [-0.39, 0.29) is 17.4 Å². The number of nitrogens with zero attached hydrogens (tertiary/aromatic N) is 1. The van der Waals surface area contributed by atoms with Crippen LogP contribution in [0.4, 0.5) is 11.4 Å². The van der Waals surface area contributed by atoms with Crippen molar-refractivity contribution in [3.8, 4) is 0 Å². The Hall–Kier alpha value is -2.86. The number of anilines is 2. The molecule has 1 heterocycles. The molecule has 158 valence electrons. The third-order valence-corrected chi connectivity index (χ3v) is 5.30. The highest BCUT2D eigenvalue weighted by Crippen LogP contribution is 2.30. The van der Waals surface area contributed by atoms with Crippen molar-refractivity contribution in [3.63, 3.8) is 0 Å². The van der Waals surface area contributed by atoms with E-state index in [1.807, 2.05) is 39.0 Å². The van der Waals surface area contributed by atoms with Gasteiger partial charge in [-0.15, -0.1) is 0 Å². The van der Waals surface area contributed by atoms with Crippen molar-refractivity contribution in [2.75, 3.05) is 23.4 Å². The molecule has 1 aliphatic rings. The summed E-state index contributed by atoms with van der Waals surface area (Å²) in [7, 11) is 0. The van der Waals surface area contributed by atoms with E-state index in [2.05, 4.69) is 5.32 Å². The molecule has 2 amide bonds. The Morgan fingerprint density at radius 3 is 2.67 bits per heavy atom. The number of carbonyl (C=O) groups is 3. The average molecular weight is 429 g/mol. The number of hydrogen-bond donors (Lipinski definition) is 1. The van der Waals surface area contributed by atoms with Crippen molar-refractivity contribution >= 4 is 40.8 Å². The van der Waals surface area contributed by atoms with Gasteiger partial charge in [-0.05, 0) is 48.6 Å². The fraction of sp³-hybridized carbons (Fsp3) is 0.348. The monoisotopic (exact) mass is 428 g/mol. The number of amides is 2. The maximum absolute atomic E-state index is 12.7. The van der Waals surface area contributed by atoms with Crippen LogP contribution in [-0.4, -0.2) is 30.9 Å². The molecule has 2 aromatic rings. The van der Waals surface area contributed by atoms with E-state index in [0.29, 0.717) is 23.7 Å². The van der Waals surface area contributed by atoms with Crippen LogP contribution >= 0.6 is 11.6 Å². The molecule has 0 aliphatic carbocycles. The van der Waals surface area contributed by atoms with Gasteiger partial charge in [-0.25, -0.2) is 4.79 Å². The van der Waals surface area contributed by atoms with Crippen LogP contribution in [0.25, 0.3) is 0 Å². The summed E-state index contributed by atoms with van der Waals surface area (Å²) in [6, 6.07) is 10.5. The zero-order valence-corrected chi connectivity index (χ0v) is 18.1. The quantitative estimate of drug-likeness (QED) is 0.677. The molecule has 0 aromatic heterocycles. The van der Waals surface area contributed by atoms with Crippen LogP contribution < -0.4 is 10.2 Å². The van der Waals surface area contributed by atoms with Crippen LogP contribution in [0.2, 0.25) is 5.02 Å². The summed E-state index contributed by atoms with van der Waals surface area (Å²) in [5.41, 5.74) is 3.32. The van der Waals surface area contributed by atoms with Crippen molar-refractivity contribution in [2.24, 2.45) is 0 Å². The number of benzene rings is 2. The van der Waals surface area contributed by atoms with Crippen molar-refractivity contribution < 1.29 is 19.1 Å². The Bertz CT molecular complexity index is 987. The van der Waals surface area contributed by atoms with Gasteiger partial charge in [0.05, 0.1) is 11.3 Å². The predicted molar refractivity (Wildman–Crippen MR) is 117 cm³/mol. The first-order valence-corrected chi connectivity index (χ1v) is 10.3. The van der Waals surface area contributed by atoms with Crippen LogP contribution in [0.1, 0.15) is 54.1 Å². The van der Waals surface area contributed by atoms with Gasteiger partial charge in [0.2, 0.25) is 5.91 Å². The minimum absolute atomic E-state index is 0.0650. The van der Waals surface area contributed by atoms with Gasteiger partial charge in [0.25, 0.3) is 5.91 Å². The van der Waals surface area contributed by atoms with Crippen molar-refractivity contribution in [1.29, 1.82) is 0 Å². The summed E-state index contributed by atoms with van der Waals surface area (Å²) in [5, 5.41) is 3.27. The minimum Gasteiger partial charge on any atom is -0.452 e. The van der Waals surface area contributed by atoms with Gasteiger partial charge in [-0.2, -0.15) is 0 Å². The Kier molecular flexibility index (Phi) is 6.77. The number of para-hydroxylation sites is 1. The zero-order valence-electron chi connectivity index (χ0n) is 17.3. The maximum Gasteiger partial charge on any atom is 0.340 e. The van der Waals surface area contributed by atoms with Gasteiger partial charge in [-0.3, -0.25) is 9.59 Å². The predicted octanol–water partition coefficient (Wildman–Crippen LogP) is 4.69. The number of aryl methyl sites for hydroxylation is 1. The first-order chi connectivity index (χ1) is 14.3. The number of hydrogen-bond acceptors (Lipinski definition) is 4. The zero-order chi connectivity index (χ0) is 21.8. The van der Waals surface area contributed by atoms with E-state index in [0.717, 1.165) is 23.2 Å². The van der Waals surface area contributed by atoms with E-state index in [9.17, 15) is 14.4 Å². The molecule has 2 aromatic carbocycles. The van der Waals surface area contributed by atoms with Crippen LogP contribution in [0, 0.1) is 6.92 Å². The summed E-state index contributed by atoms with van der Waals surface area (Å²) in [4.78, 5) is 38.8. The lowest BCUT2D eigenvalue weighted by molar-refractivity contribution is -0.119. The first-order valence-electron chi connectivity index (χ1n) is 9.94. The lowest BCUT2D eigenvalue weighted by atomic mass is 9.98. The second kappa shape index (κ2) is 9.30. The normalized spacial score (nSPS) is 13.6. The van der Waals surface area contributed by atoms with Gasteiger partial charge in [0.1, 0.15) is 0 Å². The van der Waals surface area contributed by atoms with Gasteiger partial charge < -0.3 is 15.0 Å². The molecule has 1 saturated heterocycles. The molecule has 1 N–H and O–H groups in total. The van der Waals surface area contributed by atoms with Crippen molar-refractivity contribution in [3.05, 3.63) is 58.1 Å². The van der Waals surface area contributed by atoms with E-state index < -0.39 is 18.5 Å². The topological polar surface area (TPSA) is 75.7 Å². The number of ether oxygens (including phenoxy) is 1. The largest absolute Gasteiger partial charge is 0.452 e. The van der Waals surface area contributed by atoms with E-state index >= 15 is 0 Å². The average Bonchev–Trinajstić information content (AvgIpc) is 3.13. The number of esters is 1. The van der Waals surface area contributed by atoms with E-state index in [4.69, 9.17) is 16.3 Å². The molecular weight excluding hydrogens is 404 g/mol. The van der Waals surface area contributed by atoms with Gasteiger partial charge in [0.15, 0.2) is 6.61 Å². The maximum atomic E-state index is 12.7. The standard InChI is InChI=1S/C23H25ClN2O4/c1-14(2)17-7-4-6-15(3)22(17)25-20(27)13-30-23(29)18-10-9-16(24)12-19(18)26-11-5-8-21(26)28/h4,6-7,9-10,12,14H,5,8,11,13H2,1-3H3,(H,25,27). The third-order valence-electron chi connectivity index (χ3n) is 5.07. The summed E-state index contributed by atoms with van der Waals surface area (Å²) in [6.07, 6.45) is 1.15. The van der Waals surface area contributed by atoms with Crippen LogP contribution in [-0.2, 0) is 14.3 Å². The summed E-state index contributed by atoms with van der Waals surface area (Å²) in [6.45, 7) is 6.10. The van der Waals surface area contributed by atoms with Crippen molar-refractivity contribution in [2.45, 2.75) is 39.5 Å². The molecule has 1 fully saturated rings. The lowest BCUT2D eigenvalue weighted by Crippen LogP contribution is -2.27. The fourth-order valence-corrected chi connectivity index (χ4v) is 3.70. The number of carbonyl (C=O) groups excluding carboxylic acids is 3. The van der Waals surface area contributed by atoms with Crippen molar-refractivity contribution in [1.82, 2.24) is 0 Å². The second-order valence-electron chi connectivity index (χ2n) is 7.63. The highest BCUT2D eigenvalue weighted by atomic mass is 35.5. The lowest BCUT2D eigenvalue weighted by Gasteiger charge is -2.19. The molecule has 0 atom stereocenters. The first kappa shape index (κ1) is 21.8. The molecule has 1 aliphatic heterocycles. The Morgan fingerprint density at radius 1 is 1.23 bits per heavy atom. The van der Waals surface area contributed by atoms with Crippen LogP contribution in [0.5, 0.6) is 0 Å². The molecule has 3 rings (SSSR count). The molecule has 0 spiro atoms. The molecule has 0 saturated carbocycles. The highest BCUT2D eigenvalue weighted by Gasteiger charge is 2.27. The highest BCUT2D eigenvalue weighted by molar-refractivity contribution is 6.31. The fourth-order valence-electron chi connectivity index (χ4n) is 3.53. The Balaban J connectivity index is 1.71. The smallest absolute Gasteiger partial charge is 0.340 e. The molecule has 6 nitrogen and oxygen atoms in total. The number of halogens is 1. The van der Waals surface area contributed by atoms with E-state index in [1.54, 1.807) is 12.1 Å². The Labute approximate surface area is 181 Å². The number of nitrogens with one attached hydrogen (secondary N) is 1. The SMILES string of the molecule is Cc1cccc(C(C)C)c1NC(=O)COC(=O)c1ccc(Cl)cc1N1CCCC1=O. The summed E-state index contributed by atoms with van der Waals surface area (Å²) in [5.74, 6) is -0.931. The molecule has 7 heteroatoms. The minimum atomic E-state index is -0.676. The third kappa shape index (κ3) is 4.82.